The number of nitrogens with one attached hydrogen (secondary N) is 2. The van der Waals surface area contributed by atoms with Crippen LogP contribution in [0.2, 0.25) is 10.3 Å². The van der Waals surface area contributed by atoms with Crippen LogP contribution in [0.3, 0.4) is 0 Å². The van der Waals surface area contributed by atoms with Crippen molar-refractivity contribution in [2.75, 3.05) is 22.1 Å². The lowest BCUT2D eigenvalue weighted by Crippen LogP contribution is -2.45. The Kier molecular flexibility index (Phi) is 12.3. The molecule has 0 fully saturated rings. The van der Waals surface area contributed by atoms with E-state index in [1.165, 1.54) is 17.0 Å². The van der Waals surface area contributed by atoms with Crippen molar-refractivity contribution in [3.8, 4) is 0 Å². The van der Waals surface area contributed by atoms with Crippen LogP contribution in [0, 0.1) is 5.82 Å². The van der Waals surface area contributed by atoms with Gasteiger partial charge in [-0.2, -0.15) is 15.0 Å². The zero-order chi connectivity index (χ0) is 29.1. The number of amides is 1. The van der Waals surface area contributed by atoms with Crippen LogP contribution in [-0.4, -0.2) is 51.6 Å². The number of ether oxygens (including phenoxy) is 1. The first-order valence-corrected chi connectivity index (χ1v) is 13.1. The quantitative estimate of drug-likeness (QED) is 0.287. The van der Waals surface area contributed by atoms with Gasteiger partial charge in [-0.3, -0.25) is 9.69 Å². The Morgan fingerprint density at radius 1 is 0.974 bits per heavy atom. The Labute approximate surface area is 238 Å². The van der Waals surface area contributed by atoms with Crippen molar-refractivity contribution in [1.29, 1.82) is 0 Å². The lowest BCUT2D eigenvalue weighted by molar-refractivity contribution is -0.148. The summed E-state index contributed by atoms with van der Waals surface area (Å²) >= 11 is 11.6. The van der Waals surface area contributed by atoms with Crippen LogP contribution >= 0.6 is 23.2 Å². The molecule has 0 spiro atoms. The van der Waals surface area contributed by atoms with Gasteiger partial charge in [0.25, 0.3) is 5.91 Å². The number of hydrogen-bond donors (Lipinski definition) is 2. The molecule has 1 aromatic heterocycles. The van der Waals surface area contributed by atoms with Crippen LogP contribution in [0.1, 0.15) is 51.9 Å². The van der Waals surface area contributed by atoms with Gasteiger partial charge in [0.1, 0.15) is 11.9 Å². The minimum absolute atomic E-state index is 0.132. The number of nitrogens with zero attached hydrogens (tertiary/aromatic N) is 4. The number of carbonyl (C=O) groups is 2. The minimum Gasteiger partial charge on any atom is -0.461 e. The first-order chi connectivity index (χ1) is 18.4. The van der Waals surface area contributed by atoms with E-state index in [-0.39, 0.29) is 22.5 Å². The topological polar surface area (TPSA) is 109 Å². The van der Waals surface area contributed by atoms with Crippen LogP contribution in [-0.2, 0) is 9.53 Å². The highest BCUT2D eigenvalue weighted by atomic mass is 35.5. The molecule has 3 rings (SSSR count). The summed E-state index contributed by atoms with van der Waals surface area (Å²) in [5.41, 5.74) is 0.709. The largest absolute Gasteiger partial charge is 0.461 e. The summed E-state index contributed by atoms with van der Waals surface area (Å²) in [5.74, 6) is -0.572. The van der Waals surface area contributed by atoms with Gasteiger partial charge in [-0.25, -0.2) is 9.18 Å². The first-order valence-electron chi connectivity index (χ1n) is 12.4. The van der Waals surface area contributed by atoms with Crippen molar-refractivity contribution >= 4 is 52.7 Å². The SMILES string of the molecule is CC(C)OC(=O)C(C)N(C(=O)c1ccccc1)c1ccc(F)c(Cl)c1.CCNc1nc(Cl)nc(NC(C)C)n1. The summed E-state index contributed by atoms with van der Waals surface area (Å²) < 4.78 is 18.7. The molecule has 1 amide bonds. The van der Waals surface area contributed by atoms with E-state index < -0.39 is 23.7 Å². The highest BCUT2D eigenvalue weighted by Gasteiger charge is 2.30. The van der Waals surface area contributed by atoms with E-state index in [9.17, 15) is 14.0 Å². The van der Waals surface area contributed by atoms with Gasteiger partial charge >= 0.3 is 5.97 Å². The van der Waals surface area contributed by atoms with Gasteiger partial charge in [0, 0.05) is 23.8 Å². The van der Waals surface area contributed by atoms with Gasteiger partial charge in [-0.05, 0) is 83.5 Å². The van der Waals surface area contributed by atoms with E-state index in [1.54, 1.807) is 51.1 Å². The van der Waals surface area contributed by atoms with Crippen molar-refractivity contribution in [1.82, 2.24) is 15.0 Å². The predicted molar refractivity (Wildman–Crippen MR) is 153 cm³/mol. The average molecular weight is 580 g/mol. The van der Waals surface area contributed by atoms with E-state index in [2.05, 4.69) is 25.6 Å². The molecule has 2 N–H and O–H groups in total. The minimum atomic E-state index is -0.906. The maximum Gasteiger partial charge on any atom is 0.329 e. The molecule has 0 saturated carbocycles. The van der Waals surface area contributed by atoms with Crippen LogP contribution in [0.5, 0.6) is 0 Å². The second-order valence-corrected chi connectivity index (χ2v) is 9.63. The summed E-state index contributed by atoms with van der Waals surface area (Å²) in [5, 5.41) is 6.09. The van der Waals surface area contributed by atoms with Crippen LogP contribution < -0.4 is 15.5 Å². The van der Waals surface area contributed by atoms with E-state index in [1.807, 2.05) is 20.8 Å². The number of rotatable bonds is 9. The summed E-state index contributed by atoms with van der Waals surface area (Å²) in [7, 11) is 0. The number of aromatic nitrogens is 3. The molecule has 0 radical (unpaired) electrons. The van der Waals surface area contributed by atoms with Crippen LogP contribution in [0.15, 0.2) is 48.5 Å². The molecule has 0 bridgehead atoms. The maximum atomic E-state index is 13.5. The summed E-state index contributed by atoms with van der Waals surface area (Å²) in [6.45, 7) is 11.7. The highest BCUT2D eigenvalue weighted by Crippen LogP contribution is 2.26. The van der Waals surface area contributed by atoms with Gasteiger partial charge in [-0.15, -0.1) is 0 Å². The summed E-state index contributed by atoms with van der Waals surface area (Å²) in [6.07, 6.45) is -0.319. The molecule has 0 aliphatic carbocycles. The Bertz CT molecular complexity index is 1250. The normalized spacial score (nSPS) is 11.4. The molecule has 2 aromatic carbocycles. The molecule has 9 nitrogen and oxygen atoms in total. The van der Waals surface area contributed by atoms with Gasteiger partial charge in [0.2, 0.25) is 17.2 Å². The van der Waals surface area contributed by atoms with Gasteiger partial charge in [0.15, 0.2) is 0 Å². The van der Waals surface area contributed by atoms with E-state index in [4.69, 9.17) is 27.9 Å². The molecule has 12 heteroatoms. The number of anilines is 3. The fraction of sp³-hybridized carbons (Fsp3) is 0.370. The van der Waals surface area contributed by atoms with Crippen molar-refractivity contribution in [3.63, 3.8) is 0 Å². The number of benzene rings is 2. The first kappa shape index (κ1) is 31.7. The molecule has 1 unspecified atom stereocenters. The smallest absolute Gasteiger partial charge is 0.329 e. The Morgan fingerprint density at radius 2 is 1.62 bits per heavy atom. The molecular formula is C27H33Cl2FN6O3. The van der Waals surface area contributed by atoms with Crippen molar-refractivity contribution < 1.29 is 18.7 Å². The number of halogens is 3. The number of esters is 1. The average Bonchev–Trinajstić information content (AvgIpc) is 2.86. The van der Waals surface area contributed by atoms with Crippen LogP contribution in [0.4, 0.5) is 22.0 Å². The molecule has 3 aromatic rings. The number of hydrogen-bond acceptors (Lipinski definition) is 8. The molecule has 1 heterocycles. The third-order valence-corrected chi connectivity index (χ3v) is 5.32. The molecular weight excluding hydrogens is 546 g/mol. The standard InChI is InChI=1S/C19H19ClFNO3.C8H14ClN5/c1-12(2)25-19(24)13(3)22(15-9-10-17(21)16(20)11-15)18(23)14-7-5-4-6-8-14;1-4-10-7-12-6(9)13-8(14-7)11-5(2)3/h4-13H,1-3H3;5H,4H2,1-3H3,(H2,10,11,12,13,14). The molecule has 0 aliphatic heterocycles. The molecule has 210 valence electrons. The third-order valence-electron chi connectivity index (χ3n) is 4.86. The van der Waals surface area contributed by atoms with E-state index in [0.29, 0.717) is 23.1 Å². The zero-order valence-corrected chi connectivity index (χ0v) is 24.2. The maximum absolute atomic E-state index is 13.5. The van der Waals surface area contributed by atoms with Crippen molar-refractivity contribution in [2.45, 2.75) is 59.7 Å². The second kappa shape index (κ2) is 15.2. The summed E-state index contributed by atoms with van der Waals surface area (Å²) in [6, 6.07) is 11.7. The lowest BCUT2D eigenvalue weighted by Gasteiger charge is -2.29. The highest BCUT2D eigenvalue weighted by molar-refractivity contribution is 6.31. The van der Waals surface area contributed by atoms with Gasteiger partial charge in [-0.1, -0.05) is 29.8 Å². The summed E-state index contributed by atoms with van der Waals surface area (Å²) in [4.78, 5) is 38.5. The van der Waals surface area contributed by atoms with Crippen LogP contribution in [0.25, 0.3) is 0 Å². The fourth-order valence-corrected chi connectivity index (χ4v) is 3.55. The predicted octanol–water partition coefficient (Wildman–Crippen LogP) is 6.24. The van der Waals surface area contributed by atoms with Crippen molar-refractivity contribution in [3.05, 3.63) is 70.2 Å². The fourth-order valence-electron chi connectivity index (χ4n) is 3.22. The third kappa shape index (κ3) is 9.96. The second-order valence-electron chi connectivity index (χ2n) is 8.88. The Balaban J connectivity index is 0.000000322. The van der Waals surface area contributed by atoms with Gasteiger partial charge in [0.05, 0.1) is 11.1 Å². The monoisotopic (exact) mass is 578 g/mol. The molecule has 1 atom stereocenters. The van der Waals surface area contributed by atoms with Gasteiger partial charge < -0.3 is 15.4 Å². The molecule has 0 saturated heterocycles. The molecule has 0 aliphatic rings. The van der Waals surface area contributed by atoms with E-state index >= 15 is 0 Å². The molecule has 39 heavy (non-hydrogen) atoms. The zero-order valence-electron chi connectivity index (χ0n) is 22.7. The Hall–Kier alpha value is -3.50. The Morgan fingerprint density at radius 3 is 2.18 bits per heavy atom. The van der Waals surface area contributed by atoms with E-state index in [0.717, 1.165) is 12.6 Å². The lowest BCUT2D eigenvalue weighted by atomic mass is 10.1. The number of carbonyl (C=O) groups excluding carboxylic acids is 2. The van der Waals surface area contributed by atoms with Crippen molar-refractivity contribution in [2.24, 2.45) is 0 Å².